The van der Waals surface area contributed by atoms with Gasteiger partial charge in [0.25, 0.3) is 0 Å². The zero-order valence-corrected chi connectivity index (χ0v) is 17.3. The third kappa shape index (κ3) is 4.33. The summed E-state index contributed by atoms with van der Waals surface area (Å²) in [7, 11) is -4.44. The van der Waals surface area contributed by atoms with Crippen LogP contribution in [0.4, 0.5) is 17.6 Å². The summed E-state index contributed by atoms with van der Waals surface area (Å²) < 4.78 is 85.1. The van der Waals surface area contributed by atoms with E-state index in [1.54, 1.807) is 0 Å². The molecule has 0 amide bonds. The van der Waals surface area contributed by atoms with Gasteiger partial charge in [-0.3, -0.25) is 4.55 Å². The molecule has 0 bridgehead atoms. The Morgan fingerprint density at radius 1 is 1.12 bits per heavy atom. The fourth-order valence-electron chi connectivity index (χ4n) is 2.72. The average molecular weight is 482 g/mol. The highest BCUT2D eigenvalue weighted by Crippen LogP contribution is 2.32. The van der Waals surface area contributed by atoms with Crippen molar-refractivity contribution in [2.24, 2.45) is 0 Å². The van der Waals surface area contributed by atoms with Gasteiger partial charge in [0.2, 0.25) is 0 Å². The molecule has 164 valence electrons. The van der Waals surface area contributed by atoms with Gasteiger partial charge >= 0.3 is 16.3 Å². The highest BCUT2D eigenvalue weighted by atomic mass is 32.3. The van der Waals surface area contributed by atoms with Crippen LogP contribution in [0.15, 0.2) is 46.9 Å². The number of benzene rings is 1. The first-order valence-electron chi connectivity index (χ1n) is 8.63. The van der Waals surface area contributed by atoms with Crippen LogP contribution >= 0.6 is 11.3 Å². The van der Waals surface area contributed by atoms with Gasteiger partial charge in [0, 0.05) is 5.56 Å². The number of hydrogen-bond donors (Lipinski definition) is 1. The maximum absolute atomic E-state index is 13.6. The fourth-order valence-corrected chi connectivity index (χ4v) is 4.07. The minimum Gasteiger partial charge on any atom is -0.281 e. The second kappa shape index (κ2) is 7.97. The Morgan fingerprint density at radius 2 is 1.84 bits per heavy atom. The molecule has 32 heavy (non-hydrogen) atoms. The fraction of sp³-hybridized carbons (Fsp3) is 0.105. The normalized spacial score (nSPS) is 12.0. The third-order valence-corrected chi connectivity index (χ3v) is 6.41. The van der Waals surface area contributed by atoms with Crippen LogP contribution in [0.2, 0.25) is 0 Å². The third-order valence-electron chi connectivity index (χ3n) is 4.21. The Bertz CT molecular complexity index is 1480. The van der Waals surface area contributed by atoms with Crippen LogP contribution in [-0.2, 0) is 23.0 Å². The molecule has 4 rings (SSSR count). The Hall–Kier alpha value is -3.34. The van der Waals surface area contributed by atoms with E-state index in [-0.39, 0.29) is 21.9 Å². The van der Waals surface area contributed by atoms with Crippen molar-refractivity contribution in [3.05, 3.63) is 64.6 Å². The first kappa shape index (κ1) is 21.9. The predicted octanol–water partition coefficient (Wildman–Crippen LogP) is 3.99. The van der Waals surface area contributed by atoms with E-state index in [9.17, 15) is 26.0 Å². The van der Waals surface area contributed by atoms with Crippen molar-refractivity contribution < 1.29 is 30.5 Å². The molecule has 0 atom stereocenters. The van der Waals surface area contributed by atoms with Gasteiger partial charge in [-0.05, 0) is 17.6 Å². The number of thiazole rings is 1. The molecular weight excluding hydrogens is 472 g/mol. The van der Waals surface area contributed by atoms with Crippen molar-refractivity contribution in [2.75, 3.05) is 0 Å². The van der Waals surface area contributed by atoms with Crippen molar-refractivity contribution in [3.8, 4) is 23.1 Å². The van der Waals surface area contributed by atoms with E-state index < -0.39 is 32.9 Å². The van der Waals surface area contributed by atoms with Crippen molar-refractivity contribution >= 4 is 27.1 Å². The number of rotatable bonds is 3. The van der Waals surface area contributed by atoms with Gasteiger partial charge in [0.15, 0.2) is 20.6 Å². The second-order valence-corrected chi connectivity index (χ2v) is 9.04. The van der Waals surface area contributed by atoms with E-state index in [0.717, 1.165) is 18.5 Å². The molecule has 0 fully saturated rings. The van der Waals surface area contributed by atoms with E-state index >= 15 is 0 Å². The van der Waals surface area contributed by atoms with Crippen molar-refractivity contribution in [1.29, 1.82) is 0 Å². The molecule has 0 radical (unpaired) electrons. The number of alkyl halides is 4. The topological polar surface area (TPSA) is 97.5 Å². The zero-order chi connectivity index (χ0) is 23.1. The average Bonchev–Trinajstić information content (AvgIpc) is 3.38. The Balaban J connectivity index is 1.84. The molecule has 3 aromatic heterocycles. The molecule has 1 N–H and O–H groups in total. The highest BCUT2D eigenvalue weighted by molar-refractivity contribution is 7.88. The molecule has 0 unspecified atom stereocenters. The zero-order valence-electron chi connectivity index (χ0n) is 15.6. The molecule has 0 saturated heterocycles. The maximum Gasteiger partial charge on any atom is 0.433 e. The molecule has 0 aliphatic heterocycles. The summed E-state index contributed by atoms with van der Waals surface area (Å²) in [6.07, 6.45) is -2.73. The van der Waals surface area contributed by atoms with E-state index in [4.69, 9.17) is 4.55 Å². The van der Waals surface area contributed by atoms with Crippen LogP contribution < -0.4 is 0 Å². The van der Waals surface area contributed by atoms with Crippen LogP contribution in [0.25, 0.3) is 16.9 Å². The minimum absolute atomic E-state index is 0.0123. The monoisotopic (exact) mass is 482 g/mol. The van der Waals surface area contributed by atoms with E-state index in [1.807, 2.05) is 0 Å². The summed E-state index contributed by atoms with van der Waals surface area (Å²) in [4.78, 5) is 7.99. The number of aromatic nitrogens is 4. The van der Waals surface area contributed by atoms with Crippen LogP contribution in [0.5, 0.6) is 0 Å². The highest BCUT2D eigenvalue weighted by Gasteiger charge is 2.35. The van der Waals surface area contributed by atoms with Crippen LogP contribution in [0.3, 0.4) is 0 Å². The quantitative estimate of drug-likeness (QED) is 0.270. The van der Waals surface area contributed by atoms with Gasteiger partial charge in [-0.25, -0.2) is 18.9 Å². The van der Waals surface area contributed by atoms with Crippen molar-refractivity contribution in [1.82, 2.24) is 19.6 Å². The van der Waals surface area contributed by atoms with Gasteiger partial charge in [-0.15, -0.1) is 0 Å². The SMILES string of the molecule is O=S(=O)(O)c1cnc(C#Cc2cnn3c(C(F)(F)F)cc(-c4ccc(CF)cc4)nc23)s1. The predicted molar refractivity (Wildman–Crippen MR) is 106 cm³/mol. The lowest BCUT2D eigenvalue weighted by Crippen LogP contribution is -2.13. The lowest BCUT2D eigenvalue weighted by molar-refractivity contribution is -0.142. The molecule has 13 heteroatoms. The number of hydrogen-bond acceptors (Lipinski definition) is 6. The number of nitrogens with zero attached hydrogens (tertiary/aromatic N) is 4. The minimum atomic E-state index is -4.74. The summed E-state index contributed by atoms with van der Waals surface area (Å²) >= 11 is 0.597. The Morgan fingerprint density at radius 3 is 2.44 bits per heavy atom. The summed E-state index contributed by atoms with van der Waals surface area (Å²) in [6.45, 7) is -0.709. The summed E-state index contributed by atoms with van der Waals surface area (Å²) in [5.74, 6) is 5.11. The van der Waals surface area contributed by atoms with E-state index in [0.29, 0.717) is 27.0 Å². The van der Waals surface area contributed by atoms with Crippen LogP contribution in [0.1, 0.15) is 21.8 Å². The molecular formula is C19H10F4N4O3S2. The molecule has 7 nitrogen and oxygen atoms in total. The van der Waals surface area contributed by atoms with Crippen molar-refractivity contribution in [3.63, 3.8) is 0 Å². The molecule has 0 saturated carbocycles. The van der Waals surface area contributed by atoms with Crippen LogP contribution in [0, 0.1) is 11.8 Å². The molecule has 1 aromatic carbocycles. The molecule has 3 heterocycles. The van der Waals surface area contributed by atoms with Gasteiger partial charge in [-0.1, -0.05) is 41.5 Å². The summed E-state index contributed by atoms with van der Waals surface area (Å²) in [6, 6.07) is 6.65. The van der Waals surface area contributed by atoms with Gasteiger partial charge in [0.05, 0.1) is 23.7 Å². The molecule has 0 aliphatic rings. The van der Waals surface area contributed by atoms with Gasteiger partial charge in [-0.2, -0.15) is 26.7 Å². The van der Waals surface area contributed by atoms with Gasteiger partial charge < -0.3 is 0 Å². The summed E-state index contributed by atoms with van der Waals surface area (Å²) in [5.41, 5.74) is -0.517. The molecule has 4 aromatic rings. The van der Waals surface area contributed by atoms with Gasteiger partial charge in [0.1, 0.15) is 6.67 Å². The van der Waals surface area contributed by atoms with Crippen LogP contribution in [-0.4, -0.2) is 32.6 Å². The lowest BCUT2D eigenvalue weighted by atomic mass is 10.1. The Kier molecular flexibility index (Phi) is 5.45. The largest absolute Gasteiger partial charge is 0.433 e. The lowest BCUT2D eigenvalue weighted by Gasteiger charge is -2.11. The van der Waals surface area contributed by atoms with E-state index in [1.165, 1.54) is 24.3 Å². The number of fused-ring (bicyclic) bond motifs is 1. The standard InChI is InChI=1S/C19H10F4N4O3S2/c20-8-11-1-3-12(4-2-11)14-7-15(19(21,22)23)27-18(26-14)13(9-25-27)5-6-16-24-10-17(31-16)32(28,29)30/h1-4,7,9-10H,8H2,(H,28,29,30). The maximum atomic E-state index is 13.6. The molecule has 0 spiro atoms. The smallest absolute Gasteiger partial charge is 0.281 e. The Labute approximate surface area is 182 Å². The van der Waals surface area contributed by atoms with Crippen molar-refractivity contribution in [2.45, 2.75) is 17.1 Å². The first-order valence-corrected chi connectivity index (χ1v) is 10.9. The number of halogens is 4. The molecule has 0 aliphatic carbocycles. The van der Waals surface area contributed by atoms with E-state index in [2.05, 4.69) is 26.9 Å². The summed E-state index contributed by atoms with van der Waals surface area (Å²) in [5, 5.41) is 3.75. The first-order chi connectivity index (χ1) is 15.1. The second-order valence-electron chi connectivity index (χ2n) is 6.36.